The van der Waals surface area contributed by atoms with Crippen molar-refractivity contribution in [2.75, 3.05) is 7.11 Å². The predicted molar refractivity (Wildman–Crippen MR) is 60.0 cm³/mol. The van der Waals surface area contributed by atoms with Gasteiger partial charge in [-0.15, -0.1) is 0 Å². The van der Waals surface area contributed by atoms with Crippen molar-refractivity contribution in [3.8, 4) is 0 Å². The second-order valence-electron chi connectivity index (χ2n) is 3.74. The fraction of sp³-hybridized carbons (Fsp3) is 0.250. The number of pyridine rings is 1. The first-order valence-electron chi connectivity index (χ1n) is 4.93. The lowest BCUT2D eigenvalue weighted by Gasteiger charge is -2.04. The molecular formula is C12H12FNO2. The highest BCUT2D eigenvalue weighted by molar-refractivity contribution is 5.79. The number of hydrogen-bond acceptors (Lipinski definition) is 2. The number of aromatic amines is 1. The van der Waals surface area contributed by atoms with E-state index in [0.29, 0.717) is 28.8 Å². The van der Waals surface area contributed by atoms with Gasteiger partial charge >= 0.3 is 0 Å². The van der Waals surface area contributed by atoms with E-state index in [4.69, 9.17) is 4.74 Å². The Balaban J connectivity index is 2.72. The van der Waals surface area contributed by atoms with Crippen molar-refractivity contribution in [1.82, 2.24) is 4.98 Å². The number of benzene rings is 1. The Bertz CT molecular complexity index is 589. The summed E-state index contributed by atoms with van der Waals surface area (Å²) in [6.45, 7) is 1.94. The lowest BCUT2D eigenvalue weighted by Crippen LogP contribution is -2.06. The minimum absolute atomic E-state index is 0.121. The third-order valence-electron chi connectivity index (χ3n) is 2.46. The number of halogens is 1. The molecule has 0 unspecified atom stereocenters. The highest BCUT2D eigenvalue weighted by atomic mass is 19.1. The second-order valence-corrected chi connectivity index (χ2v) is 3.74. The van der Waals surface area contributed by atoms with Gasteiger partial charge in [-0.05, 0) is 24.6 Å². The van der Waals surface area contributed by atoms with E-state index in [1.165, 1.54) is 19.2 Å². The quantitative estimate of drug-likeness (QED) is 0.844. The standard InChI is InChI=1S/C12H12FNO2/c1-7-3-9-11(5-10(7)13)14-8(6-16-2)4-12(9)15/h3-5H,6H2,1-2H3,(H,14,15). The molecule has 0 fully saturated rings. The van der Waals surface area contributed by atoms with Crippen molar-refractivity contribution in [2.24, 2.45) is 0 Å². The summed E-state index contributed by atoms with van der Waals surface area (Å²) in [6.07, 6.45) is 0. The van der Waals surface area contributed by atoms with E-state index in [0.717, 1.165) is 0 Å². The number of H-pyrrole nitrogens is 1. The van der Waals surface area contributed by atoms with Crippen LogP contribution in [0.5, 0.6) is 0 Å². The third kappa shape index (κ3) is 1.84. The molecule has 2 aromatic rings. The third-order valence-corrected chi connectivity index (χ3v) is 2.46. The van der Waals surface area contributed by atoms with Crippen molar-refractivity contribution in [3.05, 3.63) is 45.5 Å². The molecule has 0 saturated carbocycles. The van der Waals surface area contributed by atoms with Gasteiger partial charge in [-0.2, -0.15) is 0 Å². The molecule has 4 heteroatoms. The van der Waals surface area contributed by atoms with E-state index < -0.39 is 0 Å². The molecule has 0 saturated heterocycles. The lowest BCUT2D eigenvalue weighted by molar-refractivity contribution is 0.181. The summed E-state index contributed by atoms with van der Waals surface area (Å²) in [5, 5.41) is 0.499. The van der Waals surface area contributed by atoms with E-state index in [9.17, 15) is 9.18 Å². The van der Waals surface area contributed by atoms with Crippen LogP contribution < -0.4 is 5.43 Å². The monoisotopic (exact) mass is 221 g/mol. The molecule has 0 bridgehead atoms. The number of nitrogens with one attached hydrogen (secondary N) is 1. The molecule has 1 aromatic heterocycles. The number of ether oxygens (including phenoxy) is 1. The summed E-state index contributed by atoms with van der Waals surface area (Å²) < 4.78 is 18.3. The lowest BCUT2D eigenvalue weighted by atomic mass is 10.1. The fourth-order valence-corrected chi connectivity index (χ4v) is 1.67. The molecule has 0 radical (unpaired) electrons. The normalized spacial score (nSPS) is 10.9. The Morgan fingerprint density at radius 3 is 2.81 bits per heavy atom. The molecule has 0 aliphatic rings. The molecule has 1 heterocycles. The maximum atomic E-state index is 13.3. The van der Waals surface area contributed by atoms with Crippen LogP contribution in [0, 0.1) is 12.7 Å². The van der Waals surface area contributed by atoms with Crippen molar-refractivity contribution >= 4 is 10.9 Å². The van der Waals surface area contributed by atoms with Gasteiger partial charge in [0.25, 0.3) is 0 Å². The zero-order chi connectivity index (χ0) is 11.7. The van der Waals surface area contributed by atoms with Gasteiger partial charge < -0.3 is 9.72 Å². The summed E-state index contributed by atoms with van der Waals surface area (Å²) in [7, 11) is 1.54. The SMILES string of the molecule is COCc1cc(=O)c2cc(C)c(F)cc2[nH]1. The number of aryl methyl sites for hydroxylation is 1. The molecule has 1 aromatic carbocycles. The Morgan fingerprint density at radius 1 is 1.38 bits per heavy atom. The highest BCUT2D eigenvalue weighted by Gasteiger charge is 2.05. The van der Waals surface area contributed by atoms with E-state index >= 15 is 0 Å². The zero-order valence-corrected chi connectivity index (χ0v) is 9.13. The highest BCUT2D eigenvalue weighted by Crippen LogP contribution is 2.14. The average Bonchev–Trinajstić information content (AvgIpc) is 2.22. The number of aromatic nitrogens is 1. The molecule has 3 nitrogen and oxygen atoms in total. The maximum Gasteiger partial charge on any atom is 0.189 e. The first-order chi connectivity index (χ1) is 7.61. The van der Waals surface area contributed by atoms with Crippen molar-refractivity contribution in [2.45, 2.75) is 13.5 Å². The van der Waals surface area contributed by atoms with Crippen LogP contribution in [0.2, 0.25) is 0 Å². The van der Waals surface area contributed by atoms with Gasteiger partial charge in [0.2, 0.25) is 0 Å². The van der Waals surface area contributed by atoms with E-state index in [1.807, 2.05) is 0 Å². The topological polar surface area (TPSA) is 42.1 Å². The minimum Gasteiger partial charge on any atom is -0.378 e. The Morgan fingerprint density at radius 2 is 2.12 bits per heavy atom. The van der Waals surface area contributed by atoms with Gasteiger partial charge in [-0.1, -0.05) is 0 Å². The molecule has 0 atom stereocenters. The molecular weight excluding hydrogens is 209 g/mol. The van der Waals surface area contributed by atoms with E-state index in [2.05, 4.69) is 4.98 Å². The molecule has 0 aliphatic heterocycles. The summed E-state index contributed by atoms with van der Waals surface area (Å²) in [5.41, 5.74) is 1.49. The average molecular weight is 221 g/mol. The van der Waals surface area contributed by atoms with Gasteiger partial charge in [0.1, 0.15) is 5.82 Å². The minimum atomic E-state index is -0.322. The molecule has 0 spiro atoms. The first-order valence-corrected chi connectivity index (χ1v) is 4.93. The van der Waals surface area contributed by atoms with Gasteiger partial charge in [-0.25, -0.2) is 4.39 Å². The molecule has 0 aliphatic carbocycles. The molecule has 16 heavy (non-hydrogen) atoms. The van der Waals surface area contributed by atoms with Crippen molar-refractivity contribution < 1.29 is 9.13 Å². The van der Waals surface area contributed by atoms with Crippen LogP contribution in [-0.2, 0) is 11.3 Å². The fourth-order valence-electron chi connectivity index (χ4n) is 1.67. The van der Waals surface area contributed by atoms with E-state index in [-0.39, 0.29) is 11.2 Å². The number of hydrogen-bond donors (Lipinski definition) is 1. The molecule has 0 amide bonds. The Kier molecular flexibility index (Phi) is 2.75. The van der Waals surface area contributed by atoms with Crippen LogP contribution in [0.4, 0.5) is 4.39 Å². The van der Waals surface area contributed by atoms with Crippen LogP contribution in [0.25, 0.3) is 10.9 Å². The van der Waals surface area contributed by atoms with Crippen molar-refractivity contribution in [1.29, 1.82) is 0 Å². The second kappa shape index (κ2) is 4.06. The Hall–Kier alpha value is -1.68. The zero-order valence-electron chi connectivity index (χ0n) is 9.13. The van der Waals surface area contributed by atoms with Crippen LogP contribution in [-0.4, -0.2) is 12.1 Å². The van der Waals surface area contributed by atoms with E-state index in [1.54, 1.807) is 13.0 Å². The summed E-state index contributed by atoms with van der Waals surface area (Å²) >= 11 is 0. The molecule has 84 valence electrons. The van der Waals surface area contributed by atoms with Crippen molar-refractivity contribution in [3.63, 3.8) is 0 Å². The molecule has 2 rings (SSSR count). The smallest absolute Gasteiger partial charge is 0.189 e. The summed E-state index contributed by atoms with van der Waals surface area (Å²) in [5.74, 6) is -0.322. The summed E-state index contributed by atoms with van der Waals surface area (Å²) in [4.78, 5) is 14.7. The van der Waals surface area contributed by atoms with Gasteiger partial charge in [-0.3, -0.25) is 4.79 Å². The maximum absolute atomic E-state index is 13.3. The van der Waals surface area contributed by atoms with Crippen LogP contribution in [0.1, 0.15) is 11.3 Å². The largest absolute Gasteiger partial charge is 0.378 e. The van der Waals surface area contributed by atoms with Crippen LogP contribution in [0.3, 0.4) is 0 Å². The van der Waals surface area contributed by atoms with Crippen LogP contribution in [0.15, 0.2) is 23.0 Å². The van der Waals surface area contributed by atoms with Gasteiger partial charge in [0, 0.05) is 24.3 Å². The number of fused-ring (bicyclic) bond motifs is 1. The van der Waals surface area contributed by atoms with Gasteiger partial charge in [0.15, 0.2) is 5.43 Å². The molecule has 1 N–H and O–H groups in total. The number of methoxy groups -OCH3 is 1. The van der Waals surface area contributed by atoms with Crippen LogP contribution >= 0.6 is 0 Å². The Labute approximate surface area is 91.9 Å². The first kappa shape index (κ1) is 10.8. The number of rotatable bonds is 2. The summed E-state index contributed by atoms with van der Waals surface area (Å²) in [6, 6.07) is 4.37. The predicted octanol–water partition coefficient (Wildman–Crippen LogP) is 2.12. The van der Waals surface area contributed by atoms with Gasteiger partial charge in [0.05, 0.1) is 12.1 Å².